The summed E-state index contributed by atoms with van der Waals surface area (Å²) in [5, 5.41) is 9.07. The molecule has 2 aromatic rings. The first-order chi connectivity index (χ1) is 9.13. The van der Waals surface area contributed by atoms with Crippen molar-refractivity contribution in [1.82, 2.24) is 4.98 Å². The van der Waals surface area contributed by atoms with E-state index in [1.54, 1.807) is 11.9 Å². The number of benzene rings is 1. The van der Waals surface area contributed by atoms with Crippen molar-refractivity contribution >= 4 is 5.82 Å². The summed E-state index contributed by atoms with van der Waals surface area (Å²) in [5.74, 6) is -0.198. The van der Waals surface area contributed by atoms with Gasteiger partial charge in [-0.2, -0.15) is 0 Å². The number of aliphatic hydroxyl groups is 1. The normalized spacial score (nSPS) is 10.5. The molecule has 1 aromatic carbocycles. The maximum atomic E-state index is 14.1. The van der Waals surface area contributed by atoms with E-state index >= 15 is 0 Å². The van der Waals surface area contributed by atoms with Gasteiger partial charge in [-0.1, -0.05) is 24.3 Å². The second-order valence-electron chi connectivity index (χ2n) is 4.55. The largest absolute Gasteiger partial charge is 0.392 e. The fraction of sp³-hybridized carbons (Fsp3) is 0.267. The van der Waals surface area contributed by atoms with Gasteiger partial charge in [0.2, 0.25) is 0 Å². The summed E-state index contributed by atoms with van der Waals surface area (Å²) in [6.45, 7) is 2.28. The number of hydrogen-bond acceptors (Lipinski definition) is 3. The Morgan fingerprint density at radius 3 is 2.63 bits per heavy atom. The maximum absolute atomic E-state index is 14.1. The second-order valence-corrected chi connectivity index (χ2v) is 4.55. The van der Waals surface area contributed by atoms with Crippen molar-refractivity contribution in [2.24, 2.45) is 0 Å². The number of hydrogen-bond donors (Lipinski definition) is 1. The molecule has 100 valence electrons. The van der Waals surface area contributed by atoms with Crippen molar-refractivity contribution < 1.29 is 9.50 Å². The number of anilines is 1. The van der Waals surface area contributed by atoms with Crippen LogP contribution in [-0.4, -0.2) is 17.1 Å². The van der Waals surface area contributed by atoms with E-state index in [0.717, 1.165) is 11.1 Å². The third kappa shape index (κ3) is 2.90. The highest BCUT2D eigenvalue weighted by Crippen LogP contribution is 2.21. The molecule has 0 unspecified atom stereocenters. The van der Waals surface area contributed by atoms with E-state index in [0.29, 0.717) is 6.54 Å². The lowest BCUT2D eigenvalue weighted by Gasteiger charge is -2.20. The van der Waals surface area contributed by atoms with Crippen molar-refractivity contribution in [3.8, 4) is 0 Å². The third-order valence-corrected chi connectivity index (χ3v) is 3.15. The molecule has 0 atom stereocenters. The minimum atomic E-state index is -0.457. The number of aromatic nitrogens is 1. The van der Waals surface area contributed by atoms with Crippen molar-refractivity contribution in [3.05, 3.63) is 59.0 Å². The fourth-order valence-corrected chi connectivity index (χ4v) is 1.98. The molecule has 0 bridgehead atoms. The molecule has 0 radical (unpaired) electrons. The number of halogens is 1. The van der Waals surface area contributed by atoms with Crippen LogP contribution in [0.3, 0.4) is 0 Å². The summed E-state index contributed by atoms with van der Waals surface area (Å²) in [6.07, 6.45) is 1.51. The Labute approximate surface area is 112 Å². The quantitative estimate of drug-likeness (QED) is 0.918. The first-order valence-electron chi connectivity index (χ1n) is 6.13. The molecule has 0 aliphatic heterocycles. The van der Waals surface area contributed by atoms with Gasteiger partial charge in [-0.25, -0.2) is 9.37 Å². The standard InChI is InChI=1S/C15H17FN2O/c1-11-5-3-4-6-12(11)9-18(2)15-14(16)13(10-19)7-8-17-15/h3-8,19H,9-10H2,1-2H3. The monoisotopic (exact) mass is 260 g/mol. The van der Waals surface area contributed by atoms with Gasteiger partial charge in [0.05, 0.1) is 6.61 Å². The summed E-state index contributed by atoms with van der Waals surface area (Å²) in [6, 6.07) is 9.46. The predicted octanol–water partition coefficient (Wildman–Crippen LogP) is 2.66. The Hall–Kier alpha value is -1.94. The van der Waals surface area contributed by atoms with Gasteiger partial charge in [-0.15, -0.1) is 0 Å². The van der Waals surface area contributed by atoms with Crippen LogP contribution >= 0.6 is 0 Å². The van der Waals surface area contributed by atoms with Gasteiger partial charge in [0.15, 0.2) is 11.6 Å². The molecule has 1 heterocycles. The van der Waals surface area contributed by atoms with Gasteiger partial charge in [-0.05, 0) is 24.1 Å². The topological polar surface area (TPSA) is 36.4 Å². The number of nitrogens with zero attached hydrogens (tertiary/aromatic N) is 2. The lowest BCUT2D eigenvalue weighted by atomic mass is 10.1. The van der Waals surface area contributed by atoms with Crippen molar-refractivity contribution in [2.75, 3.05) is 11.9 Å². The van der Waals surface area contributed by atoms with E-state index in [9.17, 15) is 4.39 Å². The van der Waals surface area contributed by atoms with Crippen LogP contribution in [0.15, 0.2) is 36.5 Å². The SMILES string of the molecule is Cc1ccccc1CN(C)c1nccc(CO)c1F. The Kier molecular flexibility index (Phi) is 4.12. The number of pyridine rings is 1. The Morgan fingerprint density at radius 2 is 1.95 bits per heavy atom. The zero-order valence-corrected chi connectivity index (χ0v) is 11.1. The molecular formula is C15H17FN2O. The first-order valence-corrected chi connectivity index (χ1v) is 6.13. The number of aliphatic hydroxyl groups excluding tert-OH is 1. The summed E-state index contributed by atoms with van der Waals surface area (Å²) >= 11 is 0. The van der Waals surface area contributed by atoms with Crippen LogP contribution in [0.4, 0.5) is 10.2 Å². The molecular weight excluding hydrogens is 243 g/mol. The highest BCUT2D eigenvalue weighted by Gasteiger charge is 2.13. The lowest BCUT2D eigenvalue weighted by molar-refractivity contribution is 0.275. The fourth-order valence-electron chi connectivity index (χ4n) is 1.98. The first kappa shape index (κ1) is 13.5. The highest BCUT2D eigenvalue weighted by molar-refractivity contribution is 5.43. The van der Waals surface area contributed by atoms with Gasteiger partial charge in [0.1, 0.15) is 0 Å². The highest BCUT2D eigenvalue weighted by atomic mass is 19.1. The summed E-state index contributed by atoms with van der Waals surface area (Å²) < 4.78 is 14.1. The van der Waals surface area contributed by atoms with Gasteiger partial charge in [0, 0.05) is 25.4 Å². The molecule has 0 fully saturated rings. The van der Waals surface area contributed by atoms with Crippen LogP contribution in [0.5, 0.6) is 0 Å². The third-order valence-electron chi connectivity index (χ3n) is 3.15. The molecule has 0 saturated carbocycles. The van der Waals surface area contributed by atoms with Crippen molar-refractivity contribution in [3.63, 3.8) is 0 Å². The molecule has 3 nitrogen and oxygen atoms in total. The molecule has 2 rings (SSSR count). The molecule has 0 saturated heterocycles. The molecule has 0 spiro atoms. The Morgan fingerprint density at radius 1 is 1.21 bits per heavy atom. The number of rotatable bonds is 4. The van der Waals surface area contributed by atoms with E-state index in [-0.39, 0.29) is 18.0 Å². The van der Waals surface area contributed by atoms with E-state index < -0.39 is 5.82 Å². The Bertz CT molecular complexity index is 572. The van der Waals surface area contributed by atoms with Gasteiger partial charge < -0.3 is 10.0 Å². The Balaban J connectivity index is 2.26. The molecule has 1 N–H and O–H groups in total. The van der Waals surface area contributed by atoms with Gasteiger partial charge in [-0.3, -0.25) is 0 Å². The molecule has 0 aliphatic carbocycles. The van der Waals surface area contributed by atoms with Crippen molar-refractivity contribution in [2.45, 2.75) is 20.1 Å². The van der Waals surface area contributed by atoms with Crippen LogP contribution in [0.2, 0.25) is 0 Å². The van der Waals surface area contributed by atoms with Crippen LogP contribution in [0.25, 0.3) is 0 Å². The van der Waals surface area contributed by atoms with E-state index in [2.05, 4.69) is 4.98 Å². The molecule has 0 amide bonds. The van der Waals surface area contributed by atoms with E-state index in [1.807, 2.05) is 31.2 Å². The second kappa shape index (κ2) is 5.80. The van der Waals surface area contributed by atoms with Gasteiger partial charge in [0.25, 0.3) is 0 Å². The molecule has 4 heteroatoms. The minimum Gasteiger partial charge on any atom is -0.392 e. The van der Waals surface area contributed by atoms with Gasteiger partial charge >= 0.3 is 0 Å². The molecule has 19 heavy (non-hydrogen) atoms. The van der Waals surface area contributed by atoms with Crippen molar-refractivity contribution in [1.29, 1.82) is 0 Å². The zero-order chi connectivity index (χ0) is 13.8. The molecule has 0 aliphatic rings. The minimum absolute atomic E-state index is 0.259. The van der Waals surface area contributed by atoms with E-state index in [1.165, 1.54) is 12.3 Å². The van der Waals surface area contributed by atoms with E-state index in [4.69, 9.17) is 5.11 Å². The number of aryl methyl sites for hydroxylation is 1. The van der Waals surface area contributed by atoms with Crippen LogP contribution in [-0.2, 0) is 13.2 Å². The molecule has 1 aromatic heterocycles. The van der Waals surface area contributed by atoms with Crippen LogP contribution in [0, 0.1) is 12.7 Å². The predicted molar refractivity (Wildman–Crippen MR) is 73.4 cm³/mol. The maximum Gasteiger partial charge on any atom is 0.171 e. The average Bonchev–Trinajstić information content (AvgIpc) is 2.41. The van der Waals surface area contributed by atoms with Crippen LogP contribution in [0.1, 0.15) is 16.7 Å². The average molecular weight is 260 g/mol. The zero-order valence-electron chi connectivity index (χ0n) is 11.1. The summed E-state index contributed by atoms with van der Waals surface area (Å²) in [4.78, 5) is 5.80. The smallest absolute Gasteiger partial charge is 0.171 e. The summed E-state index contributed by atoms with van der Waals surface area (Å²) in [7, 11) is 1.79. The lowest BCUT2D eigenvalue weighted by Crippen LogP contribution is -2.20. The summed E-state index contributed by atoms with van der Waals surface area (Å²) in [5.41, 5.74) is 2.55. The van der Waals surface area contributed by atoms with Crippen LogP contribution < -0.4 is 4.90 Å².